The summed E-state index contributed by atoms with van der Waals surface area (Å²) in [6.45, 7) is -0.732. The van der Waals surface area contributed by atoms with E-state index in [9.17, 15) is 19.8 Å². The van der Waals surface area contributed by atoms with Crippen molar-refractivity contribution >= 4 is 22.6 Å². The smallest absolute Gasteiger partial charge is 0.330 e. The SMILES string of the molecule is [N-]=[N+]=N[C@]1(CO)O[C@@H](n2cc(I)c(=O)[nH]c2=O)C[C@@H]1O. The Morgan fingerprint density at radius 1 is 1.70 bits per heavy atom. The van der Waals surface area contributed by atoms with Crippen LogP contribution < -0.4 is 11.2 Å². The van der Waals surface area contributed by atoms with E-state index in [1.807, 2.05) is 0 Å². The topological polar surface area (TPSA) is 153 Å². The van der Waals surface area contributed by atoms with Gasteiger partial charge in [0.05, 0.1) is 16.3 Å². The fraction of sp³-hybridized carbons (Fsp3) is 0.556. The molecule has 11 heteroatoms. The zero-order valence-electron chi connectivity index (χ0n) is 9.93. The normalized spacial score (nSPS) is 29.1. The fourth-order valence-corrected chi connectivity index (χ4v) is 2.36. The summed E-state index contributed by atoms with van der Waals surface area (Å²) in [5, 5.41) is 22.4. The Morgan fingerprint density at radius 2 is 2.40 bits per heavy atom. The lowest BCUT2D eigenvalue weighted by atomic mass is 10.1. The minimum absolute atomic E-state index is 0.0678. The number of aliphatic hydroxyl groups is 2. The molecule has 1 aliphatic rings. The fourth-order valence-electron chi connectivity index (χ4n) is 1.92. The minimum atomic E-state index is -1.83. The molecule has 3 atom stereocenters. The van der Waals surface area contributed by atoms with Crippen molar-refractivity contribution in [2.75, 3.05) is 6.61 Å². The first-order chi connectivity index (χ1) is 9.43. The second-order valence-electron chi connectivity index (χ2n) is 4.16. The molecular formula is C9H10IN5O5. The van der Waals surface area contributed by atoms with Crippen LogP contribution in [0.25, 0.3) is 10.4 Å². The average Bonchev–Trinajstić information content (AvgIpc) is 2.72. The summed E-state index contributed by atoms with van der Waals surface area (Å²) in [5.41, 5.74) is 5.39. The summed E-state index contributed by atoms with van der Waals surface area (Å²) in [7, 11) is 0. The number of H-pyrrole nitrogens is 1. The van der Waals surface area contributed by atoms with Crippen LogP contribution >= 0.6 is 22.6 Å². The van der Waals surface area contributed by atoms with Crippen LogP contribution in [0, 0.1) is 3.57 Å². The number of ether oxygens (including phenoxy) is 1. The van der Waals surface area contributed by atoms with Crippen LogP contribution in [0.2, 0.25) is 0 Å². The summed E-state index contributed by atoms with van der Waals surface area (Å²) >= 11 is 1.74. The maximum absolute atomic E-state index is 11.7. The number of aromatic nitrogens is 2. The number of aliphatic hydroxyl groups excluding tert-OH is 2. The standard InChI is InChI=1S/C9H10IN5O5/c10-4-2-15(8(19)12-7(4)18)6-1-5(17)9(3-16,20-6)13-14-11/h2,5-6,16-17H,1,3H2,(H,12,18,19)/t5-,6+,9+/m0/s1. The van der Waals surface area contributed by atoms with Gasteiger partial charge in [-0.05, 0) is 28.1 Å². The maximum Gasteiger partial charge on any atom is 0.330 e. The van der Waals surface area contributed by atoms with Crippen LogP contribution in [-0.4, -0.2) is 38.2 Å². The predicted octanol–water partition coefficient (Wildman–Crippen LogP) is -0.580. The molecule has 1 aromatic heterocycles. The molecule has 2 rings (SSSR count). The van der Waals surface area contributed by atoms with E-state index in [0.717, 1.165) is 4.57 Å². The summed E-state index contributed by atoms with van der Waals surface area (Å²) in [6, 6.07) is 0. The van der Waals surface area contributed by atoms with Crippen LogP contribution in [0.1, 0.15) is 12.6 Å². The van der Waals surface area contributed by atoms with Crippen LogP contribution in [0.4, 0.5) is 0 Å². The first-order valence-electron chi connectivity index (χ1n) is 5.47. The monoisotopic (exact) mass is 395 g/mol. The van der Waals surface area contributed by atoms with Crippen molar-refractivity contribution in [3.05, 3.63) is 41.0 Å². The molecule has 108 valence electrons. The number of aromatic amines is 1. The van der Waals surface area contributed by atoms with Gasteiger partial charge in [-0.2, -0.15) is 0 Å². The largest absolute Gasteiger partial charge is 0.393 e. The van der Waals surface area contributed by atoms with E-state index in [-0.39, 0.29) is 9.99 Å². The Kier molecular flexibility index (Phi) is 4.15. The van der Waals surface area contributed by atoms with Crippen molar-refractivity contribution in [3.8, 4) is 0 Å². The highest BCUT2D eigenvalue weighted by atomic mass is 127. The second-order valence-corrected chi connectivity index (χ2v) is 5.32. The molecule has 0 saturated carbocycles. The lowest BCUT2D eigenvalue weighted by molar-refractivity contribution is -0.124. The van der Waals surface area contributed by atoms with Gasteiger partial charge in [-0.3, -0.25) is 14.3 Å². The van der Waals surface area contributed by atoms with Gasteiger partial charge < -0.3 is 14.9 Å². The van der Waals surface area contributed by atoms with E-state index in [1.54, 1.807) is 22.6 Å². The third-order valence-corrected chi connectivity index (χ3v) is 3.73. The maximum atomic E-state index is 11.7. The molecular weight excluding hydrogens is 385 g/mol. The highest BCUT2D eigenvalue weighted by Crippen LogP contribution is 2.37. The van der Waals surface area contributed by atoms with Gasteiger partial charge in [0, 0.05) is 17.5 Å². The number of azide groups is 1. The first-order valence-corrected chi connectivity index (χ1v) is 6.55. The molecule has 0 aliphatic carbocycles. The molecule has 0 bridgehead atoms. The molecule has 3 N–H and O–H groups in total. The lowest BCUT2D eigenvalue weighted by Gasteiger charge is -2.24. The molecule has 1 fully saturated rings. The van der Waals surface area contributed by atoms with Gasteiger partial charge in [-0.15, -0.1) is 0 Å². The zero-order chi connectivity index (χ0) is 14.9. The zero-order valence-corrected chi connectivity index (χ0v) is 12.1. The predicted molar refractivity (Wildman–Crippen MR) is 73.7 cm³/mol. The van der Waals surface area contributed by atoms with Gasteiger partial charge in [0.25, 0.3) is 5.56 Å². The molecule has 0 radical (unpaired) electrons. The number of hydrogen-bond acceptors (Lipinski definition) is 6. The quantitative estimate of drug-likeness (QED) is 0.271. The van der Waals surface area contributed by atoms with Crippen molar-refractivity contribution < 1.29 is 14.9 Å². The third kappa shape index (κ3) is 2.45. The van der Waals surface area contributed by atoms with Gasteiger partial charge in [0.1, 0.15) is 6.23 Å². The molecule has 1 aromatic rings. The van der Waals surface area contributed by atoms with Gasteiger partial charge in [-0.1, -0.05) is 5.11 Å². The highest BCUT2D eigenvalue weighted by molar-refractivity contribution is 14.1. The van der Waals surface area contributed by atoms with E-state index in [2.05, 4.69) is 15.0 Å². The molecule has 10 nitrogen and oxygen atoms in total. The summed E-state index contributed by atoms with van der Waals surface area (Å²) in [4.78, 5) is 27.6. The number of rotatable bonds is 3. The van der Waals surface area contributed by atoms with Crippen molar-refractivity contribution in [3.63, 3.8) is 0 Å². The van der Waals surface area contributed by atoms with E-state index in [4.69, 9.17) is 10.3 Å². The number of nitrogens with zero attached hydrogens (tertiary/aromatic N) is 4. The second kappa shape index (κ2) is 5.54. The highest BCUT2D eigenvalue weighted by Gasteiger charge is 2.48. The van der Waals surface area contributed by atoms with Crippen molar-refractivity contribution in [1.82, 2.24) is 9.55 Å². The van der Waals surface area contributed by atoms with Crippen LogP contribution in [0.3, 0.4) is 0 Å². The van der Waals surface area contributed by atoms with E-state index in [1.165, 1.54) is 6.20 Å². The van der Waals surface area contributed by atoms with E-state index >= 15 is 0 Å². The Labute approximate surface area is 124 Å². The number of halogens is 1. The van der Waals surface area contributed by atoms with Crippen LogP contribution in [0.15, 0.2) is 20.9 Å². The van der Waals surface area contributed by atoms with Crippen molar-refractivity contribution in [2.45, 2.75) is 24.5 Å². The molecule has 2 heterocycles. The summed E-state index contributed by atoms with van der Waals surface area (Å²) in [5.74, 6) is 0. The Bertz CT molecular complexity index is 680. The lowest BCUT2D eigenvalue weighted by Crippen LogP contribution is -2.41. The average molecular weight is 395 g/mol. The molecule has 0 aromatic carbocycles. The number of nitrogens with one attached hydrogen (secondary N) is 1. The van der Waals surface area contributed by atoms with Crippen LogP contribution in [-0.2, 0) is 4.74 Å². The molecule has 20 heavy (non-hydrogen) atoms. The molecule has 0 amide bonds. The Morgan fingerprint density at radius 3 is 3.00 bits per heavy atom. The van der Waals surface area contributed by atoms with Gasteiger partial charge in [-0.25, -0.2) is 4.79 Å². The molecule has 0 spiro atoms. The van der Waals surface area contributed by atoms with Gasteiger partial charge in [0.15, 0.2) is 5.72 Å². The summed E-state index contributed by atoms with van der Waals surface area (Å²) < 4.78 is 6.65. The van der Waals surface area contributed by atoms with Crippen LogP contribution in [0.5, 0.6) is 0 Å². The molecule has 1 aliphatic heterocycles. The Hall–Kier alpha value is -1.40. The first kappa shape index (κ1) is 15.0. The number of hydrogen-bond donors (Lipinski definition) is 3. The van der Waals surface area contributed by atoms with Gasteiger partial charge in [0.2, 0.25) is 0 Å². The van der Waals surface area contributed by atoms with Crippen molar-refractivity contribution in [2.24, 2.45) is 5.11 Å². The Balaban J connectivity index is 2.43. The molecule has 0 unspecified atom stereocenters. The summed E-state index contributed by atoms with van der Waals surface area (Å²) in [6.07, 6.45) is -1.03. The minimum Gasteiger partial charge on any atom is -0.393 e. The van der Waals surface area contributed by atoms with E-state index in [0.29, 0.717) is 0 Å². The van der Waals surface area contributed by atoms with E-state index < -0.39 is 35.9 Å². The third-order valence-electron chi connectivity index (χ3n) is 2.96. The van der Waals surface area contributed by atoms with Crippen molar-refractivity contribution in [1.29, 1.82) is 0 Å². The van der Waals surface area contributed by atoms with Gasteiger partial charge >= 0.3 is 5.69 Å². The molecule has 1 saturated heterocycles.